The second-order valence-corrected chi connectivity index (χ2v) is 5.17. The van der Waals surface area contributed by atoms with Gasteiger partial charge in [0, 0.05) is 18.7 Å². The molecule has 1 aliphatic rings. The van der Waals surface area contributed by atoms with Crippen molar-refractivity contribution in [1.82, 2.24) is 10.2 Å². The van der Waals surface area contributed by atoms with Crippen molar-refractivity contribution in [2.75, 3.05) is 19.6 Å². The molecule has 1 fully saturated rings. The Hall–Kier alpha value is -0.800. The van der Waals surface area contributed by atoms with E-state index in [0.29, 0.717) is 0 Å². The summed E-state index contributed by atoms with van der Waals surface area (Å²) in [6.07, 6.45) is 4.32. The molecule has 3 heteroatoms. The van der Waals surface area contributed by atoms with Crippen LogP contribution >= 0.6 is 0 Å². The van der Waals surface area contributed by atoms with Crippen molar-refractivity contribution in [2.24, 2.45) is 5.92 Å². The van der Waals surface area contributed by atoms with E-state index in [2.05, 4.69) is 30.1 Å². The van der Waals surface area contributed by atoms with E-state index in [9.17, 15) is 0 Å². The van der Waals surface area contributed by atoms with Crippen LogP contribution in [0.3, 0.4) is 0 Å². The maximum atomic E-state index is 5.61. The summed E-state index contributed by atoms with van der Waals surface area (Å²) in [6.45, 7) is 9.92. The summed E-state index contributed by atoms with van der Waals surface area (Å²) in [6, 6.07) is 2.09. The van der Waals surface area contributed by atoms with Gasteiger partial charge in [-0.2, -0.15) is 0 Å². The van der Waals surface area contributed by atoms with Gasteiger partial charge in [0.15, 0.2) is 0 Å². The summed E-state index contributed by atoms with van der Waals surface area (Å²) in [5.74, 6) is 1.98. The number of furan rings is 1. The Morgan fingerprint density at radius 3 is 3.12 bits per heavy atom. The van der Waals surface area contributed by atoms with E-state index in [0.717, 1.165) is 31.3 Å². The highest BCUT2D eigenvalue weighted by Crippen LogP contribution is 2.20. The second kappa shape index (κ2) is 6.22. The number of nitrogens with one attached hydrogen (secondary N) is 1. The van der Waals surface area contributed by atoms with E-state index in [4.69, 9.17) is 4.42 Å². The van der Waals surface area contributed by atoms with Crippen molar-refractivity contribution in [3.05, 3.63) is 23.7 Å². The first kappa shape index (κ1) is 12.7. The van der Waals surface area contributed by atoms with E-state index >= 15 is 0 Å². The highest BCUT2D eigenvalue weighted by Gasteiger charge is 2.20. The Balaban J connectivity index is 1.85. The lowest BCUT2D eigenvalue weighted by Gasteiger charge is -2.14. The first-order valence-electron chi connectivity index (χ1n) is 6.78. The molecule has 1 saturated heterocycles. The van der Waals surface area contributed by atoms with Crippen LogP contribution in [-0.4, -0.2) is 24.5 Å². The summed E-state index contributed by atoms with van der Waals surface area (Å²) in [7, 11) is 0. The molecule has 1 unspecified atom stereocenters. The van der Waals surface area contributed by atoms with E-state index in [1.165, 1.54) is 31.5 Å². The second-order valence-electron chi connectivity index (χ2n) is 5.17. The minimum atomic E-state index is 0.839. The summed E-state index contributed by atoms with van der Waals surface area (Å²) in [5, 5.41) is 3.43. The molecule has 0 aromatic carbocycles. The minimum Gasteiger partial charge on any atom is -0.468 e. The standard InChI is InChI=1S/C14H24N2O/c1-3-6-15-9-13-5-8-17-14(13)11-16-7-4-12(2)10-16/h5,8,12,15H,3-4,6-7,9-11H2,1-2H3. The van der Waals surface area contributed by atoms with E-state index in [1.54, 1.807) is 0 Å². The number of hydrogen-bond donors (Lipinski definition) is 1. The zero-order valence-electron chi connectivity index (χ0n) is 11.0. The van der Waals surface area contributed by atoms with Crippen LogP contribution < -0.4 is 5.32 Å². The molecule has 17 heavy (non-hydrogen) atoms. The van der Waals surface area contributed by atoms with Gasteiger partial charge < -0.3 is 9.73 Å². The van der Waals surface area contributed by atoms with Crippen LogP contribution in [0.1, 0.15) is 38.0 Å². The van der Waals surface area contributed by atoms with Crippen LogP contribution in [0, 0.1) is 5.92 Å². The largest absolute Gasteiger partial charge is 0.468 e. The first-order valence-corrected chi connectivity index (χ1v) is 6.78. The summed E-state index contributed by atoms with van der Waals surface area (Å²) < 4.78 is 5.61. The normalized spacial score (nSPS) is 21.2. The lowest BCUT2D eigenvalue weighted by molar-refractivity contribution is 0.287. The Bertz CT molecular complexity index is 335. The van der Waals surface area contributed by atoms with E-state index in [1.807, 2.05) is 6.26 Å². The van der Waals surface area contributed by atoms with Crippen LogP contribution in [0.5, 0.6) is 0 Å². The van der Waals surface area contributed by atoms with Gasteiger partial charge in [-0.05, 0) is 37.9 Å². The molecule has 0 radical (unpaired) electrons. The molecule has 1 aliphatic heterocycles. The minimum absolute atomic E-state index is 0.839. The van der Waals surface area contributed by atoms with Crippen molar-refractivity contribution in [3.8, 4) is 0 Å². The molecule has 96 valence electrons. The van der Waals surface area contributed by atoms with Gasteiger partial charge in [0.1, 0.15) is 5.76 Å². The van der Waals surface area contributed by atoms with Gasteiger partial charge in [-0.25, -0.2) is 0 Å². The molecule has 0 saturated carbocycles. The molecule has 1 aromatic rings. The maximum absolute atomic E-state index is 5.61. The molecular formula is C14H24N2O. The predicted molar refractivity (Wildman–Crippen MR) is 69.8 cm³/mol. The third-order valence-electron chi connectivity index (χ3n) is 3.46. The molecule has 3 nitrogen and oxygen atoms in total. The average Bonchev–Trinajstić information content (AvgIpc) is 2.90. The lowest BCUT2D eigenvalue weighted by atomic mass is 10.2. The fourth-order valence-corrected chi connectivity index (χ4v) is 2.44. The zero-order valence-corrected chi connectivity index (χ0v) is 11.0. The lowest BCUT2D eigenvalue weighted by Crippen LogP contribution is -2.21. The monoisotopic (exact) mass is 236 g/mol. The molecule has 0 amide bonds. The maximum Gasteiger partial charge on any atom is 0.122 e. The van der Waals surface area contributed by atoms with Crippen molar-refractivity contribution < 1.29 is 4.42 Å². The van der Waals surface area contributed by atoms with Gasteiger partial charge in [-0.1, -0.05) is 13.8 Å². The fraction of sp³-hybridized carbons (Fsp3) is 0.714. The van der Waals surface area contributed by atoms with Crippen LogP contribution in [0.4, 0.5) is 0 Å². The van der Waals surface area contributed by atoms with E-state index < -0.39 is 0 Å². The smallest absolute Gasteiger partial charge is 0.122 e. The van der Waals surface area contributed by atoms with Gasteiger partial charge >= 0.3 is 0 Å². The van der Waals surface area contributed by atoms with Crippen molar-refractivity contribution in [3.63, 3.8) is 0 Å². The Kier molecular flexibility index (Phi) is 4.63. The molecule has 0 aliphatic carbocycles. The van der Waals surface area contributed by atoms with Crippen LogP contribution in [-0.2, 0) is 13.1 Å². The third-order valence-corrected chi connectivity index (χ3v) is 3.46. The molecule has 0 bridgehead atoms. The van der Waals surface area contributed by atoms with Gasteiger partial charge in [-0.15, -0.1) is 0 Å². The Morgan fingerprint density at radius 2 is 2.41 bits per heavy atom. The fourth-order valence-electron chi connectivity index (χ4n) is 2.44. The van der Waals surface area contributed by atoms with E-state index in [-0.39, 0.29) is 0 Å². The highest BCUT2D eigenvalue weighted by atomic mass is 16.3. The number of rotatable bonds is 6. The van der Waals surface area contributed by atoms with Crippen molar-refractivity contribution in [1.29, 1.82) is 0 Å². The van der Waals surface area contributed by atoms with Gasteiger partial charge in [0.2, 0.25) is 0 Å². The molecule has 2 rings (SSSR count). The summed E-state index contributed by atoms with van der Waals surface area (Å²) in [4.78, 5) is 2.49. The van der Waals surface area contributed by atoms with Gasteiger partial charge in [0.25, 0.3) is 0 Å². The van der Waals surface area contributed by atoms with Crippen LogP contribution in [0.25, 0.3) is 0 Å². The molecule has 0 spiro atoms. The summed E-state index contributed by atoms with van der Waals surface area (Å²) in [5.41, 5.74) is 1.32. The summed E-state index contributed by atoms with van der Waals surface area (Å²) >= 11 is 0. The van der Waals surface area contributed by atoms with Crippen LogP contribution in [0.15, 0.2) is 16.7 Å². The molecular weight excluding hydrogens is 212 g/mol. The van der Waals surface area contributed by atoms with Gasteiger partial charge in [-0.3, -0.25) is 4.90 Å². The number of likely N-dealkylation sites (tertiary alicyclic amines) is 1. The molecule has 1 atom stereocenters. The average molecular weight is 236 g/mol. The molecule has 2 heterocycles. The topological polar surface area (TPSA) is 28.4 Å². The van der Waals surface area contributed by atoms with Gasteiger partial charge in [0.05, 0.1) is 12.8 Å². The number of nitrogens with zero attached hydrogens (tertiary/aromatic N) is 1. The number of hydrogen-bond acceptors (Lipinski definition) is 3. The zero-order chi connectivity index (χ0) is 12.1. The Morgan fingerprint density at radius 1 is 1.53 bits per heavy atom. The highest BCUT2D eigenvalue weighted by molar-refractivity contribution is 5.17. The van der Waals surface area contributed by atoms with Crippen LogP contribution in [0.2, 0.25) is 0 Å². The van der Waals surface area contributed by atoms with Crippen molar-refractivity contribution >= 4 is 0 Å². The first-order chi connectivity index (χ1) is 8.29. The van der Waals surface area contributed by atoms with Crippen molar-refractivity contribution in [2.45, 2.75) is 39.8 Å². The molecule has 1 aromatic heterocycles. The Labute approximate surface area is 104 Å². The predicted octanol–water partition coefficient (Wildman–Crippen LogP) is 2.62. The quantitative estimate of drug-likeness (QED) is 0.770. The SMILES string of the molecule is CCCNCc1ccoc1CN1CCC(C)C1. The third kappa shape index (κ3) is 3.58. The molecule has 1 N–H and O–H groups in total.